The van der Waals surface area contributed by atoms with E-state index in [1.54, 1.807) is 25.7 Å². The molecule has 3 aromatic rings. The highest BCUT2D eigenvalue weighted by molar-refractivity contribution is 6.32. The monoisotopic (exact) mass is 753 g/mol. The first-order valence-electron chi connectivity index (χ1n) is 17.4. The van der Waals surface area contributed by atoms with E-state index in [0.29, 0.717) is 31.9 Å². The van der Waals surface area contributed by atoms with E-state index in [2.05, 4.69) is 9.88 Å². The number of halogens is 6. The second-order valence-electron chi connectivity index (χ2n) is 15.1. The largest absolute Gasteiger partial charge is 0.467 e. The average Bonchev–Trinajstić information content (AvgIpc) is 3.67. The summed E-state index contributed by atoms with van der Waals surface area (Å²) in [5.41, 5.74) is -3.69. The number of carbonyl (C=O) groups is 1. The maximum Gasteiger partial charge on any atom is 0.418 e. The van der Waals surface area contributed by atoms with Gasteiger partial charge in [0.05, 0.1) is 28.2 Å². The number of anilines is 1. The number of benzene rings is 2. The Morgan fingerprint density at radius 2 is 1.77 bits per heavy atom. The molecule has 4 atom stereocenters. The molecule has 5 heterocycles. The van der Waals surface area contributed by atoms with Crippen molar-refractivity contribution in [3.05, 3.63) is 40.7 Å². The van der Waals surface area contributed by atoms with E-state index in [4.69, 9.17) is 35.5 Å². The number of hydrogen-bond acceptors (Lipinski definition) is 9. The lowest BCUT2D eigenvalue weighted by molar-refractivity contribution is -0.137. The SMILES string of the molecule is COCOc1cc(Cl)c(C(F)(F)F)c(-c2ccc3c(N4CC5CCC(C4)N5C(=O)OC(C)(C)C)nc(OC[C@@]45CCCN4C[C@H](F)C5)nc3c2F)c1. The molecule has 0 radical (unpaired) electrons. The molecule has 4 saturated heterocycles. The van der Waals surface area contributed by atoms with Gasteiger partial charge in [-0.3, -0.25) is 9.80 Å². The van der Waals surface area contributed by atoms with Gasteiger partial charge in [-0.25, -0.2) is 13.6 Å². The Morgan fingerprint density at radius 1 is 1.04 bits per heavy atom. The van der Waals surface area contributed by atoms with Crippen LogP contribution in [0.5, 0.6) is 11.8 Å². The van der Waals surface area contributed by atoms with Crippen LogP contribution in [0.15, 0.2) is 24.3 Å². The smallest absolute Gasteiger partial charge is 0.418 e. The molecule has 4 aliphatic heterocycles. The van der Waals surface area contributed by atoms with Gasteiger partial charge < -0.3 is 23.8 Å². The van der Waals surface area contributed by atoms with E-state index in [-0.39, 0.29) is 54.6 Å². The molecule has 10 nitrogen and oxygen atoms in total. The molecule has 7 rings (SSSR count). The second kappa shape index (κ2) is 13.6. The molecule has 0 saturated carbocycles. The summed E-state index contributed by atoms with van der Waals surface area (Å²) in [4.78, 5) is 28.1. The van der Waals surface area contributed by atoms with Crippen molar-refractivity contribution in [2.45, 2.75) is 88.4 Å². The fourth-order valence-electron chi connectivity index (χ4n) is 8.27. The Bertz CT molecular complexity index is 1850. The van der Waals surface area contributed by atoms with Crippen molar-refractivity contribution in [3.8, 4) is 22.9 Å². The van der Waals surface area contributed by atoms with Gasteiger partial charge in [-0.05, 0) is 71.2 Å². The summed E-state index contributed by atoms with van der Waals surface area (Å²) < 4.78 is 97.0. The highest BCUT2D eigenvalue weighted by Crippen LogP contribution is 2.46. The van der Waals surface area contributed by atoms with E-state index in [1.165, 1.54) is 19.2 Å². The molecule has 2 aromatic carbocycles. The van der Waals surface area contributed by atoms with E-state index in [1.807, 2.05) is 4.90 Å². The zero-order valence-corrected chi connectivity index (χ0v) is 30.1. The van der Waals surface area contributed by atoms with Crippen LogP contribution < -0.4 is 14.4 Å². The maximum atomic E-state index is 16.9. The van der Waals surface area contributed by atoms with Crippen molar-refractivity contribution < 1.29 is 45.7 Å². The van der Waals surface area contributed by atoms with E-state index >= 15 is 4.39 Å². The van der Waals surface area contributed by atoms with Crippen molar-refractivity contribution in [1.29, 1.82) is 0 Å². The first kappa shape index (κ1) is 36.7. The van der Waals surface area contributed by atoms with Crippen LogP contribution in [-0.2, 0) is 15.7 Å². The van der Waals surface area contributed by atoms with Gasteiger partial charge in [0, 0.05) is 49.7 Å². The maximum absolute atomic E-state index is 16.9. The summed E-state index contributed by atoms with van der Waals surface area (Å²) in [5, 5.41) is -0.431. The number of rotatable bonds is 8. The molecule has 2 unspecified atom stereocenters. The highest BCUT2D eigenvalue weighted by atomic mass is 35.5. The summed E-state index contributed by atoms with van der Waals surface area (Å²) in [6.07, 6.45) is -3.05. The summed E-state index contributed by atoms with van der Waals surface area (Å²) in [6, 6.07) is 4.16. The van der Waals surface area contributed by atoms with Crippen LogP contribution in [0.25, 0.3) is 22.0 Å². The fourth-order valence-corrected chi connectivity index (χ4v) is 8.58. The second-order valence-corrected chi connectivity index (χ2v) is 15.5. The van der Waals surface area contributed by atoms with Gasteiger partial charge >= 0.3 is 18.3 Å². The van der Waals surface area contributed by atoms with Gasteiger partial charge in [0.2, 0.25) is 0 Å². The topological polar surface area (TPSA) is 89.5 Å². The van der Waals surface area contributed by atoms with Crippen molar-refractivity contribution in [3.63, 3.8) is 0 Å². The number of ether oxygens (including phenoxy) is 4. The Labute approximate surface area is 303 Å². The number of aromatic nitrogens is 2. The summed E-state index contributed by atoms with van der Waals surface area (Å²) >= 11 is 6.15. The summed E-state index contributed by atoms with van der Waals surface area (Å²) in [7, 11) is 1.35. The van der Waals surface area contributed by atoms with E-state index in [0.717, 1.165) is 37.9 Å². The molecule has 4 fully saturated rings. The van der Waals surface area contributed by atoms with Crippen LogP contribution in [0.2, 0.25) is 5.02 Å². The number of methoxy groups -OCH3 is 1. The average molecular weight is 754 g/mol. The number of fused-ring (bicyclic) bond motifs is 4. The van der Waals surface area contributed by atoms with Gasteiger partial charge in [-0.2, -0.15) is 23.1 Å². The van der Waals surface area contributed by atoms with Gasteiger partial charge in [-0.15, -0.1) is 0 Å². The lowest BCUT2D eigenvalue weighted by Crippen LogP contribution is -2.57. The lowest BCUT2D eigenvalue weighted by Gasteiger charge is -2.42. The predicted molar refractivity (Wildman–Crippen MR) is 183 cm³/mol. The molecular formula is C36H41ClF5N5O5. The number of piperazine rings is 1. The van der Waals surface area contributed by atoms with Gasteiger partial charge in [-0.1, -0.05) is 17.7 Å². The minimum atomic E-state index is -4.94. The molecule has 282 valence electrons. The molecule has 52 heavy (non-hydrogen) atoms. The quantitative estimate of drug-likeness (QED) is 0.170. The molecule has 0 aliphatic carbocycles. The van der Waals surface area contributed by atoms with Crippen molar-refractivity contribution >= 4 is 34.4 Å². The molecule has 1 amide bonds. The van der Waals surface area contributed by atoms with Crippen molar-refractivity contribution in [1.82, 2.24) is 19.8 Å². The molecule has 16 heteroatoms. The Hall–Kier alpha value is -3.69. The Kier molecular flexibility index (Phi) is 9.60. The number of nitrogens with zero attached hydrogens (tertiary/aromatic N) is 5. The lowest BCUT2D eigenvalue weighted by atomic mass is 9.95. The van der Waals surface area contributed by atoms with Crippen LogP contribution in [0.4, 0.5) is 32.6 Å². The first-order chi connectivity index (χ1) is 24.6. The Morgan fingerprint density at radius 3 is 2.44 bits per heavy atom. The minimum Gasteiger partial charge on any atom is -0.467 e. The Balaban J connectivity index is 1.31. The third-order valence-electron chi connectivity index (χ3n) is 10.4. The number of carbonyl (C=O) groups excluding carboxylic acids is 1. The summed E-state index contributed by atoms with van der Waals surface area (Å²) in [5.74, 6) is -0.784. The minimum absolute atomic E-state index is 0.0526. The third kappa shape index (κ3) is 6.91. The van der Waals surface area contributed by atoms with Gasteiger partial charge in [0.25, 0.3) is 0 Å². The summed E-state index contributed by atoms with van der Waals surface area (Å²) in [6.45, 7) is 6.92. The zero-order chi connectivity index (χ0) is 37.2. The van der Waals surface area contributed by atoms with Gasteiger partial charge in [0.15, 0.2) is 12.6 Å². The van der Waals surface area contributed by atoms with Crippen LogP contribution >= 0.6 is 11.6 Å². The molecule has 4 aliphatic rings. The number of amides is 1. The van der Waals surface area contributed by atoms with Crippen LogP contribution in [0.1, 0.15) is 58.4 Å². The number of alkyl halides is 4. The first-order valence-corrected chi connectivity index (χ1v) is 17.8. The molecule has 0 N–H and O–H groups in total. The normalized spacial score (nSPS) is 24.8. The predicted octanol–water partition coefficient (Wildman–Crippen LogP) is 7.63. The van der Waals surface area contributed by atoms with Crippen molar-refractivity contribution in [2.75, 3.05) is 51.6 Å². The fraction of sp³-hybridized carbons (Fsp3) is 0.583. The highest BCUT2D eigenvalue weighted by Gasteiger charge is 2.50. The van der Waals surface area contributed by atoms with E-state index < -0.39 is 57.1 Å². The molecule has 2 bridgehead atoms. The standard InChI is InChI=1S/C36H41ClF5N5O5/c1-34(2,3)52-33(48)47-21-6-7-22(47)17-45(16-21)31-25-9-8-24(26-12-23(51-19-49-4)13-27(37)28(26)36(40,41)42)29(39)30(25)43-32(44-31)50-18-35-10-5-11-46(35)15-20(38)14-35/h8-9,12-13,20-22H,5-7,10-11,14-19H2,1-4H3/t20-,21?,22?,35+/m1/s1. The number of hydrogen-bond donors (Lipinski definition) is 0. The van der Waals surface area contributed by atoms with E-state index in [9.17, 15) is 22.4 Å². The molecular weight excluding hydrogens is 713 g/mol. The van der Waals surface area contributed by atoms with Crippen LogP contribution in [0, 0.1) is 5.82 Å². The van der Waals surface area contributed by atoms with Crippen molar-refractivity contribution in [2.24, 2.45) is 0 Å². The zero-order valence-electron chi connectivity index (χ0n) is 29.4. The molecule has 0 spiro atoms. The molecule has 1 aromatic heterocycles. The third-order valence-corrected chi connectivity index (χ3v) is 10.7. The van der Waals surface area contributed by atoms with Crippen LogP contribution in [-0.4, -0.2) is 102 Å². The van der Waals surface area contributed by atoms with Gasteiger partial charge in [0.1, 0.15) is 35.5 Å². The van der Waals surface area contributed by atoms with Crippen LogP contribution in [0.3, 0.4) is 0 Å².